The van der Waals surface area contributed by atoms with Gasteiger partial charge in [0.1, 0.15) is 6.04 Å². The van der Waals surface area contributed by atoms with E-state index in [4.69, 9.17) is 0 Å². The zero-order chi connectivity index (χ0) is 15.2. The Balaban J connectivity index is 2.09. The van der Waals surface area contributed by atoms with Crippen molar-refractivity contribution in [1.29, 1.82) is 0 Å². The molecule has 0 fully saturated rings. The molecule has 0 saturated heterocycles. The molecule has 0 spiro atoms. The van der Waals surface area contributed by atoms with E-state index in [-0.39, 0.29) is 5.69 Å². The summed E-state index contributed by atoms with van der Waals surface area (Å²) in [5.41, 5.74) is 0.979. The highest BCUT2D eigenvalue weighted by Gasteiger charge is 2.22. The van der Waals surface area contributed by atoms with Gasteiger partial charge in [-0.1, -0.05) is 44.4 Å². The van der Waals surface area contributed by atoms with E-state index >= 15 is 0 Å². The summed E-state index contributed by atoms with van der Waals surface area (Å²) in [7, 11) is 0. The molecular formula is C15H19N3O3. The summed E-state index contributed by atoms with van der Waals surface area (Å²) in [6.45, 7) is 2.05. The Morgan fingerprint density at radius 1 is 1.33 bits per heavy atom. The number of benzene rings is 1. The van der Waals surface area contributed by atoms with Crippen LogP contribution in [0.2, 0.25) is 0 Å². The summed E-state index contributed by atoms with van der Waals surface area (Å²) >= 11 is 0. The zero-order valence-electron chi connectivity index (χ0n) is 11.9. The molecule has 1 unspecified atom stereocenters. The molecule has 0 aliphatic carbocycles. The molecule has 2 rings (SSSR count). The van der Waals surface area contributed by atoms with Crippen LogP contribution >= 0.6 is 0 Å². The molecule has 1 atom stereocenters. The van der Waals surface area contributed by atoms with E-state index < -0.39 is 17.9 Å². The number of amides is 1. The molecule has 1 aromatic carbocycles. The number of aliphatic carboxylic acids is 1. The quantitative estimate of drug-likeness (QED) is 0.682. The Bertz CT molecular complexity index is 636. The van der Waals surface area contributed by atoms with Gasteiger partial charge in [-0.3, -0.25) is 9.89 Å². The van der Waals surface area contributed by atoms with E-state index in [0.717, 1.165) is 24.8 Å². The Kier molecular flexibility index (Phi) is 4.92. The summed E-state index contributed by atoms with van der Waals surface area (Å²) in [5, 5.41) is 19.2. The molecule has 112 valence electrons. The second-order valence-electron chi connectivity index (χ2n) is 4.98. The Morgan fingerprint density at radius 3 is 2.81 bits per heavy atom. The van der Waals surface area contributed by atoms with E-state index in [2.05, 4.69) is 15.5 Å². The maximum absolute atomic E-state index is 12.2. The largest absolute Gasteiger partial charge is 0.480 e. The third kappa shape index (κ3) is 3.59. The second kappa shape index (κ2) is 6.88. The number of aromatic nitrogens is 2. The number of nitrogens with zero attached hydrogens (tertiary/aromatic N) is 1. The zero-order valence-corrected chi connectivity index (χ0v) is 11.9. The normalized spacial score (nSPS) is 12.2. The molecule has 0 aliphatic rings. The third-order valence-electron chi connectivity index (χ3n) is 3.39. The number of hydrogen-bond acceptors (Lipinski definition) is 3. The van der Waals surface area contributed by atoms with Crippen LogP contribution in [0.5, 0.6) is 0 Å². The lowest BCUT2D eigenvalue weighted by Gasteiger charge is -2.13. The molecule has 1 amide bonds. The van der Waals surface area contributed by atoms with E-state index in [9.17, 15) is 14.7 Å². The van der Waals surface area contributed by atoms with E-state index in [1.807, 2.05) is 25.1 Å². The Hall–Kier alpha value is -2.37. The number of hydrogen-bond donors (Lipinski definition) is 3. The summed E-state index contributed by atoms with van der Waals surface area (Å²) in [5.74, 6) is -1.48. The lowest BCUT2D eigenvalue weighted by Crippen LogP contribution is -2.41. The van der Waals surface area contributed by atoms with Crippen molar-refractivity contribution in [1.82, 2.24) is 15.5 Å². The number of fused-ring (bicyclic) bond motifs is 1. The first-order valence-electron chi connectivity index (χ1n) is 7.10. The maximum atomic E-state index is 12.2. The number of rotatable bonds is 7. The van der Waals surface area contributed by atoms with Crippen molar-refractivity contribution in [2.75, 3.05) is 0 Å². The first-order valence-corrected chi connectivity index (χ1v) is 7.10. The van der Waals surface area contributed by atoms with Crippen LogP contribution < -0.4 is 5.32 Å². The fourth-order valence-electron chi connectivity index (χ4n) is 2.22. The molecule has 0 radical (unpaired) electrons. The molecule has 0 bridgehead atoms. The average molecular weight is 289 g/mol. The lowest BCUT2D eigenvalue weighted by atomic mass is 10.1. The van der Waals surface area contributed by atoms with Gasteiger partial charge in [0, 0.05) is 5.39 Å². The number of nitrogens with one attached hydrogen (secondary N) is 2. The van der Waals surface area contributed by atoms with Crippen molar-refractivity contribution in [2.45, 2.75) is 38.6 Å². The third-order valence-corrected chi connectivity index (χ3v) is 3.39. The van der Waals surface area contributed by atoms with Gasteiger partial charge in [0.25, 0.3) is 5.91 Å². The predicted molar refractivity (Wildman–Crippen MR) is 79.1 cm³/mol. The van der Waals surface area contributed by atoms with Crippen LogP contribution in [0.4, 0.5) is 0 Å². The van der Waals surface area contributed by atoms with Gasteiger partial charge >= 0.3 is 5.97 Å². The van der Waals surface area contributed by atoms with Gasteiger partial charge in [0.15, 0.2) is 5.69 Å². The summed E-state index contributed by atoms with van der Waals surface area (Å²) in [4.78, 5) is 23.4. The van der Waals surface area contributed by atoms with E-state index in [1.165, 1.54) is 0 Å². The number of carboxylic acids is 1. The Morgan fingerprint density at radius 2 is 2.10 bits per heavy atom. The van der Waals surface area contributed by atoms with Gasteiger partial charge in [0.05, 0.1) is 5.52 Å². The van der Waals surface area contributed by atoms with Crippen LogP contribution in [0.3, 0.4) is 0 Å². The van der Waals surface area contributed by atoms with Gasteiger partial charge in [-0.05, 0) is 12.5 Å². The minimum atomic E-state index is -1.01. The van der Waals surface area contributed by atoms with Gasteiger partial charge in [-0.2, -0.15) is 5.10 Å². The first-order chi connectivity index (χ1) is 10.1. The number of para-hydroxylation sites is 1. The molecule has 6 heteroatoms. The highest BCUT2D eigenvalue weighted by Crippen LogP contribution is 2.15. The van der Waals surface area contributed by atoms with Crippen LogP contribution in [0.25, 0.3) is 10.9 Å². The topological polar surface area (TPSA) is 95.1 Å². The molecular weight excluding hydrogens is 270 g/mol. The van der Waals surface area contributed by atoms with E-state index in [1.54, 1.807) is 6.07 Å². The van der Waals surface area contributed by atoms with Gasteiger partial charge in [-0.25, -0.2) is 4.79 Å². The first kappa shape index (κ1) is 15.0. The molecule has 2 aromatic rings. The smallest absolute Gasteiger partial charge is 0.326 e. The molecule has 3 N–H and O–H groups in total. The monoisotopic (exact) mass is 289 g/mol. The number of carbonyl (C=O) groups excluding carboxylic acids is 1. The Labute approximate surface area is 122 Å². The molecule has 21 heavy (non-hydrogen) atoms. The fraction of sp³-hybridized carbons (Fsp3) is 0.400. The van der Waals surface area contributed by atoms with Crippen LogP contribution in [0, 0.1) is 0 Å². The molecule has 6 nitrogen and oxygen atoms in total. The fourth-order valence-corrected chi connectivity index (χ4v) is 2.22. The SMILES string of the molecule is CCCCCC(NC(=O)c1n[nH]c2ccccc12)C(=O)O. The summed E-state index contributed by atoms with van der Waals surface area (Å²) in [6, 6.07) is 6.37. The van der Waals surface area contributed by atoms with Crippen molar-refractivity contribution in [3.63, 3.8) is 0 Å². The van der Waals surface area contributed by atoms with Crippen molar-refractivity contribution in [3.05, 3.63) is 30.0 Å². The summed E-state index contributed by atoms with van der Waals surface area (Å²) in [6.07, 6.45) is 3.15. The van der Waals surface area contributed by atoms with Gasteiger partial charge in [-0.15, -0.1) is 0 Å². The van der Waals surface area contributed by atoms with Crippen LogP contribution in [-0.2, 0) is 4.79 Å². The highest BCUT2D eigenvalue weighted by atomic mass is 16.4. The van der Waals surface area contributed by atoms with E-state index in [0.29, 0.717) is 11.8 Å². The predicted octanol–water partition coefficient (Wildman–Crippen LogP) is 2.33. The number of aromatic amines is 1. The number of carbonyl (C=O) groups is 2. The average Bonchev–Trinajstić information content (AvgIpc) is 2.90. The molecule has 0 saturated carbocycles. The highest BCUT2D eigenvalue weighted by molar-refractivity contribution is 6.05. The number of H-pyrrole nitrogens is 1. The summed E-state index contributed by atoms with van der Waals surface area (Å²) < 4.78 is 0. The standard InChI is InChI=1S/C15H19N3O3/c1-2-3-4-9-12(15(20)21)16-14(19)13-10-7-5-6-8-11(10)17-18-13/h5-8,12H,2-4,9H2,1H3,(H,16,19)(H,17,18)(H,20,21). The number of unbranched alkanes of at least 4 members (excludes halogenated alkanes) is 2. The van der Waals surface area contributed by atoms with Crippen LogP contribution in [-0.4, -0.2) is 33.2 Å². The maximum Gasteiger partial charge on any atom is 0.326 e. The van der Waals surface area contributed by atoms with Gasteiger partial charge < -0.3 is 10.4 Å². The minimum Gasteiger partial charge on any atom is -0.480 e. The lowest BCUT2D eigenvalue weighted by molar-refractivity contribution is -0.139. The molecule has 1 heterocycles. The van der Waals surface area contributed by atoms with Gasteiger partial charge in [0.2, 0.25) is 0 Å². The molecule has 1 aromatic heterocycles. The van der Waals surface area contributed by atoms with Crippen molar-refractivity contribution < 1.29 is 14.7 Å². The molecule has 0 aliphatic heterocycles. The number of carboxylic acid groups (broad SMARTS) is 1. The van der Waals surface area contributed by atoms with Crippen LogP contribution in [0.15, 0.2) is 24.3 Å². The minimum absolute atomic E-state index is 0.229. The van der Waals surface area contributed by atoms with Crippen molar-refractivity contribution in [3.8, 4) is 0 Å². The van der Waals surface area contributed by atoms with Crippen molar-refractivity contribution in [2.24, 2.45) is 0 Å². The van der Waals surface area contributed by atoms with Crippen molar-refractivity contribution >= 4 is 22.8 Å². The second-order valence-corrected chi connectivity index (χ2v) is 4.98. The van der Waals surface area contributed by atoms with Crippen LogP contribution in [0.1, 0.15) is 43.1 Å².